The second-order valence-electron chi connectivity index (χ2n) is 4.13. The lowest BCUT2D eigenvalue weighted by atomic mass is 10.0. The summed E-state index contributed by atoms with van der Waals surface area (Å²) in [5.74, 6) is -3.51. The molecule has 2 aromatic carbocycles. The van der Waals surface area contributed by atoms with E-state index in [-0.39, 0.29) is 16.7 Å². The Morgan fingerprint density at radius 3 is 2.16 bits per heavy atom. The number of benzene rings is 2. The standard InChI is InChI=1S/C14H9BrF4/c1-7-2-4-10(17)12(14(7)19)13(15)8-3-5-9(16)11(18)6-8/h2-6,13H,1H3. The van der Waals surface area contributed by atoms with Crippen LogP contribution in [-0.4, -0.2) is 0 Å². The van der Waals surface area contributed by atoms with Gasteiger partial charge in [0.15, 0.2) is 11.6 Å². The van der Waals surface area contributed by atoms with E-state index in [1.54, 1.807) is 0 Å². The number of rotatable bonds is 2. The Labute approximate surface area is 116 Å². The van der Waals surface area contributed by atoms with E-state index < -0.39 is 28.1 Å². The van der Waals surface area contributed by atoms with Crippen LogP contribution in [0.5, 0.6) is 0 Å². The van der Waals surface area contributed by atoms with Gasteiger partial charge in [-0.3, -0.25) is 0 Å². The highest BCUT2D eigenvalue weighted by Gasteiger charge is 2.21. The van der Waals surface area contributed by atoms with Crippen LogP contribution in [-0.2, 0) is 0 Å². The molecule has 0 aromatic heterocycles. The van der Waals surface area contributed by atoms with Gasteiger partial charge >= 0.3 is 0 Å². The SMILES string of the molecule is Cc1ccc(F)c(C(Br)c2ccc(F)c(F)c2)c1F. The van der Waals surface area contributed by atoms with Crippen LogP contribution in [0.2, 0.25) is 0 Å². The van der Waals surface area contributed by atoms with Crippen molar-refractivity contribution in [2.24, 2.45) is 0 Å². The minimum absolute atomic E-state index is 0.217. The molecule has 0 saturated heterocycles. The zero-order chi connectivity index (χ0) is 14.2. The van der Waals surface area contributed by atoms with E-state index >= 15 is 0 Å². The van der Waals surface area contributed by atoms with Crippen molar-refractivity contribution in [3.63, 3.8) is 0 Å². The molecular formula is C14H9BrF4. The molecule has 0 bridgehead atoms. The highest BCUT2D eigenvalue weighted by atomic mass is 79.9. The molecule has 5 heteroatoms. The summed E-state index contributed by atoms with van der Waals surface area (Å²) < 4.78 is 53.7. The van der Waals surface area contributed by atoms with Crippen molar-refractivity contribution >= 4 is 15.9 Å². The van der Waals surface area contributed by atoms with Gasteiger partial charge in [0.2, 0.25) is 0 Å². The van der Waals surface area contributed by atoms with Crippen molar-refractivity contribution in [1.29, 1.82) is 0 Å². The van der Waals surface area contributed by atoms with Crippen LogP contribution < -0.4 is 0 Å². The van der Waals surface area contributed by atoms with E-state index in [1.165, 1.54) is 19.1 Å². The van der Waals surface area contributed by atoms with Crippen molar-refractivity contribution in [3.05, 3.63) is 70.3 Å². The number of hydrogen-bond donors (Lipinski definition) is 0. The van der Waals surface area contributed by atoms with Gasteiger partial charge in [0.25, 0.3) is 0 Å². The van der Waals surface area contributed by atoms with Gasteiger partial charge in [-0.15, -0.1) is 0 Å². The lowest BCUT2D eigenvalue weighted by Crippen LogP contribution is -2.03. The fourth-order valence-electron chi connectivity index (χ4n) is 1.75. The first-order valence-corrected chi connectivity index (χ1v) is 6.37. The smallest absolute Gasteiger partial charge is 0.159 e. The molecule has 2 rings (SSSR count). The summed E-state index contributed by atoms with van der Waals surface area (Å²) in [6, 6.07) is 5.57. The molecule has 0 nitrogen and oxygen atoms in total. The predicted octanol–water partition coefficient (Wildman–Crippen LogP) is 5.04. The van der Waals surface area contributed by atoms with Gasteiger partial charge in [0, 0.05) is 5.56 Å². The normalized spacial score (nSPS) is 12.5. The van der Waals surface area contributed by atoms with Gasteiger partial charge in [-0.25, -0.2) is 17.6 Å². The summed E-state index contributed by atoms with van der Waals surface area (Å²) in [5, 5.41) is 0. The second-order valence-corrected chi connectivity index (χ2v) is 5.04. The summed E-state index contributed by atoms with van der Waals surface area (Å²) in [6.45, 7) is 1.50. The van der Waals surface area contributed by atoms with Crippen LogP contribution in [0.15, 0.2) is 30.3 Å². The summed E-state index contributed by atoms with van der Waals surface area (Å²) in [4.78, 5) is -0.887. The Kier molecular flexibility index (Phi) is 3.94. The van der Waals surface area contributed by atoms with E-state index in [0.717, 1.165) is 18.2 Å². The fraction of sp³-hybridized carbons (Fsp3) is 0.143. The Balaban J connectivity index is 2.52. The van der Waals surface area contributed by atoms with E-state index in [2.05, 4.69) is 15.9 Å². The molecule has 0 aliphatic rings. The van der Waals surface area contributed by atoms with Gasteiger partial charge < -0.3 is 0 Å². The van der Waals surface area contributed by atoms with Gasteiger partial charge in [-0.05, 0) is 36.2 Å². The molecule has 0 amide bonds. The molecule has 0 heterocycles. The Bertz CT molecular complexity index is 625. The zero-order valence-corrected chi connectivity index (χ0v) is 11.4. The molecule has 0 aliphatic carbocycles. The van der Waals surface area contributed by atoms with E-state index in [1.807, 2.05) is 0 Å². The molecule has 2 aromatic rings. The monoisotopic (exact) mass is 332 g/mol. The van der Waals surface area contributed by atoms with Crippen molar-refractivity contribution in [2.75, 3.05) is 0 Å². The average Bonchev–Trinajstić information content (AvgIpc) is 2.37. The van der Waals surface area contributed by atoms with E-state index in [9.17, 15) is 17.6 Å². The molecule has 0 spiro atoms. The van der Waals surface area contributed by atoms with Crippen LogP contribution in [0.4, 0.5) is 17.6 Å². The number of alkyl halides is 1. The van der Waals surface area contributed by atoms with Gasteiger partial charge in [0.1, 0.15) is 11.6 Å². The highest BCUT2D eigenvalue weighted by molar-refractivity contribution is 9.09. The van der Waals surface area contributed by atoms with E-state index in [4.69, 9.17) is 0 Å². The quantitative estimate of drug-likeness (QED) is 0.534. The minimum atomic E-state index is -1.06. The largest absolute Gasteiger partial charge is 0.207 e. The maximum atomic E-state index is 13.9. The van der Waals surface area contributed by atoms with Crippen molar-refractivity contribution in [1.82, 2.24) is 0 Å². The molecule has 0 fully saturated rings. The van der Waals surface area contributed by atoms with Gasteiger partial charge in [0.05, 0.1) is 4.83 Å². The first kappa shape index (κ1) is 14.1. The third-order valence-corrected chi connectivity index (χ3v) is 3.80. The third-order valence-electron chi connectivity index (χ3n) is 2.81. The topological polar surface area (TPSA) is 0 Å². The number of aryl methyl sites for hydroxylation is 1. The molecular weight excluding hydrogens is 324 g/mol. The van der Waals surface area contributed by atoms with Crippen LogP contribution in [0.25, 0.3) is 0 Å². The number of halogens is 5. The zero-order valence-electron chi connectivity index (χ0n) is 9.85. The first-order valence-electron chi connectivity index (χ1n) is 5.45. The first-order chi connectivity index (χ1) is 8.91. The molecule has 0 radical (unpaired) electrons. The minimum Gasteiger partial charge on any atom is -0.207 e. The lowest BCUT2D eigenvalue weighted by molar-refractivity contribution is 0.506. The van der Waals surface area contributed by atoms with Gasteiger partial charge in [-0.1, -0.05) is 28.1 Å². The second kappa shape index (κ2) is 5.33. The highest BCUT2D eigenvalue weighted by Crippen LogP contribution is 2.35. The molecule has 19 heavy (non-hydrogen) atoms. The molecule has 0 aliphatic heterocycles. The molecule has 0 N–H and O–H groups in total. The van der Waals surface area contributed by atoms with Crippen LogP contribution in [0.1, 0.15) is 21.5 Å². The molecule has 0 saturated carbocycles. The van der Waals surface area contributed by atoms with Crippen LogP contribution >= 0.6 is 15.9 Å². The van der Waals surface area contributed by atoms with Crippen LogP contribution in [0, 0.1) is 30.2 Å². The lowest BCUT2D eigenvalue weighted by Gasteiger charge is -2.14. The number of hydrogen-bond acceptors (Lipinski definition) is 0. The van der Waals surface area contributed by atoms with Gasteiger partial charge in [-0.2, -0.15) is 0 Å². The average molecular weight is 333 g/mol. The molecule has 1 atom stereocenters. The third kappa shape index (κ3) is 2.66. The molecule has 100 valence electrons. The Morgan fingerprint density at radius 1 is 0.895 bits per heavy atom. The summed E-state index contributed by atoms with van der Waals surface area (Å²) in [6.07, 6.45) is 0. The fourth-order valence-corrected chi connectivity index (χ4v) is 2.45. The van der Waals surface area contributed by atoms with Crippen molar-refractivity contribution in [2.45, 2.75) is 11.8 Å². The Morgan fingerprint density at radius 2 is 1.53 bits per heavy atom. The Hall–Kier alpha value is -1.36. The summed E-state index contributed by atoms with van der Waals surface area (Å²) in [7, 11) is 0. The van der Waals surface area contributed by atoms with E-state index in [0.29, 0.717) is 0 Å². The van der Waals surface area contributed by atoms with Crippen molar-refractivity contribution < 1.29 is 17.6 Å². The van der Waals surface area contributed by atoms with Crippen LogP contribution in [0.3, 0.4) is 0 Å². The maximum Gasteiger partial charge on any atom is 0.159 e. The summed E-state index contributed by atoms with van der Waals surface area (Å²) >= 11 is 3.12. The summed E-state index contributed by atoms with van der Waals surface area (Å²) in [5.41, 5.74) is 0.303. The van der Waals surface area contributed by atoms with Crippen molar-refractivity contribution in [3.8, 4) is 0 Å². The maximum absolute atomic E-state index is 13.9. The molecule has 1 unspecified atom stereocenters. The predicted molar refractivity (Wildman–Crippen MR) is 68.2 cm³/mol.